The number of nitrogens with zero attached hydrogens (tertiary/aromatic N) is 2. The van der Waals surface area contributed by atoms with E-state index in [9.17, 15) is 4.79 Å². The topological polar surface area (TPSA) is 34.9 Å². The Labute approximate surface area is 66.1 Å². The lowest BCUT2D eigenvalue weighted by Crippen LogP contribution is -2.02. The van der Waals surface area contributed by atoms with Crippen LogP contribution in [0.1, 0.15) is 36.1 Å². The largest absolute Gasteiger partial charge is 0.329 e. The summed E-state index contributed by atoms with van der Waals surface area (Å²) in [5.41, 5.74) is 0.633. The van der Waals surface area contributed by atoms with Crippen LogP contribution < -0.4 is 0 Å². The third kappa shape index (κ3) is 1.31. The van der Waals surface area contributed by atoms with E-state index in [1.807, 2.05) is 11.6 Å². The molecule has 3 nitrogen and oxygen atoms in total. The van der Waals surface area contributed by atoms with Gasteiger partial charge < -0.3 is 4.57 Å². The van der Waals surface area contributed by atoms with Gasteiger partial charge in [0.2, 0.25) is 0 Å². The van der Waals surface area contributed by atoms with E-state index in [0.717, 1.165) is 12.1 Å². The fourth-order valence-corrected chi connectivity index (χ4v) is 1.08. The molecule has 0 aliphatic heterocycles. The van der Waals surface area contributed by atoms with Crippen LogP contribution in [0, 0.1) is 0 Å². The summed E-state index contributed by atoms with van der Waals surface area (Å²) in [7, 11) is 1.85. The monoisotopic (exact) mass is 152 g/mol. The summed E-state index contributed by atoms with van der Waals surface area (Å²) in [6.45, 7) is 4.10. The predicted octanol–water partition coefficient (Wildman–Crippen LogP) is 1.36. The van der Waals surface area contributed by atoms with Gasteiger partial charge in [-0.3, -0.25) is 4.79 Å². The Morgan fingerprint density at radius 3 is 2.55 bits per heavy atom. The molecule has 0 aliphatic rings. The second kappa shape index (κ2) is 2.86. The highest BCUT2D eigenvalue weighted by atomic mass is 16.1. The number of hydrogen-bond donors (Lipinski definition) is 0. The number of carbonyl (C=O) groups excluding carboxylic acids is 1. The van der Waals surface area contributed by atoms with Crippen LogP contribution in [0.5, 0.6) is 0 Å². The lowest BCUT2D eigenvalue weighted by molar-refractivity contribution is 0.111. The van der Waals surface area contributed by atoms with Crippen molar-refractivity contribution in [2.75, 3.05) is 0 Å². The molecule has 11 heavy (non-hydrogen) atoms. The van der Waals surface area contributed by atoms with Gasteiger partial charge in [0.15, 0.2) is 6.29 Å². The van der Waals surface area contributed by atoms with Crippen molar-refractivity contribution in [2.45, 2.75) is 19.8 Å². The molecule has 0 aromatic carbocycles. The zero-order valence-electron chi connectivity index (χ0n) is 7.03. The van der Waals surface area contributed by atoms with Crippen LogP contribution in [0.2, 0.25) is 0 Å². The van der Waals surface area contributed by atoms with Crippen molar-refractivity contribution in [1.82, 2.24) is 9.55 Å². The molecule has 60 valence electrons. The van der Waals surface area contributed by atoms with E-state index in [-0.39, 0.29) is 0 Å². The van der Waals surface area contributed by atoms with Gasteiger partial charge in [-0.2, -0.15) is 0 Å². The van der Waals surface area contributed by atoms with E-state index >= 15 is 0 Å². The van der Waals surface area contributed by atoms with E-state index in [1.54, 1.807) is 6.20 Å². The highest BCUT2D eigenvalue weighted by Gasteiger charge is 2.07. The van der Waals surface area contributed by atoms with Gasteiger partial charge >= 0.3 is 0 Å². The van der Waals surface area contributed by atoms with Crippen molar-refractivity contribution in [3.05, 3.63) is 17.7 Å². The van der Waals surface area contributed by atoms with Crippen LogP contribution in [-0.4, -0.2) is 15.8 Å². The first-order chi connectivity index (χ1) is 5.16. The van der Waals surface area contributed by atoms with E-state index in [0.29, 0.717) is 11.6 Å². The molecule has 0 unspecified atom stereocenters. The summed E-state index contributed by atoms with van der Waals surface area (Å²) < 4.78 is 1.82. The smallest absolute Gasteiger partial charge is 0.168 e. The molecule has 0 saturated heterocycles. The zero-order valence-corrected chi connectivity index (χ0v) is 7.03. The van der Waals surface area contributed by atoms with Crippen LogP contribution in [0.4, 0.5) is 0 Å². The highest BCUT2D eigenvalue weighted by molar-refractivity contribution is 5.71. The molecule has 0 atom stereocenters. The zero-order chi connectivity index (χ0) is 8.43. The predicted molar refractivity (Wildman–Crippen MR) is 42.7 cm³/mol. The maximum Gasteiger partial charge on any atom is 0.168 e. The first kappa shape index (κ1) is 7.98. The molecule has 1 aromatic heterocycles. The van der Waals surface area contributed by atoms with Gasteiger partial charge in [-0.25, -0.2) is 4.98 Å². The molecule has 0 bridgehead atoms. The fourth-order valence-electron chi connectivity index (χ4n) is 1.08. The normalized spacial score (nSPS) is 10.5. The second-order valence-corrected chi connectivity index (χ2v) is 2.87. The average Bonchev–Trinajstić information content (AvgIpc) is 2.30. The van der Waals surface area contributed by atoms with Gasteiger partial charge in [-0.15, -0.1) is 0 Å². The number of rotatable bonds is 2. The van der Waals surface area contributed by atoms with Gasteiger partial charge in [0.1, 0.15) is 11.5 Å². The quantitative estimate of drug-likeness (QED) is 0.600. The van der Waals surface area contributed by atoms with Crippen LogP contribution in [0.15, 0.2) is 6.20 Å². The molecule has 0 aliphatic carbocycles. The molecule has 0 radical (unpaired) electrons. The lowest BCUT2D eigenvalue weighted by atomic mass is 10.2. The first-order valence-electron chi connectivity index (χ1n) is 3.63. The first-order valence-corrected chi connectivity index (χ1v) is 3.63. The fraction of sp³-hybridized carbons (Fsp3) is 0.500. The van der Waals surface area contributed by atoms with Gasteiger partial charge in [-0.05, 0) is 0 Å². The molecular weight excluding hydrogens is 140 g/mol. The van der Waals surface area contributed by atoms with E-state index in [4.69, 9.17) is 0 Å². The van der Waals surface area contributed by atoms with Crippen LogP contribution in [0.25, 0.3) is 0 Å². The molecule has 0 N–H and O–H groups in total. The summed E-state index contributed by atoms with van der Waals surface area (Å²) >= 11 is 0. The average molecular weight is 152 g/mol. The van der Waals surface area contributed by atoms with Crippen molar-refractivity contribution in [2.24, 2.45) is 7.05 Å². The summed E-state index contributed by atoms with van der Waals surface area (Å²) in [6.07, 6.45) is 2.42. The Hall–Kier alpha value is -1.12. The third-order valence-electron chi connectivity index (χ3n) is 1.70. The van der Waals surface area contributed by atoms with E-state index in [2.05, 4.69) is 18.8 Å². The molecule has 0 fully saturated rings. The number of carbonyl (C=O) groups is 1. The van der Waals surface area contributed by atoms with Crippen LogP contribution in [-0.2, 0) is 7.05 Å². The molecule has 0 amide bonds. The Morgan fingerprint density at radius 2 is 2.27 bits per heavy atom. The van der Waals surface area contributed by atoms with Gasteiger partial charge in [0.25, 0.3) is 0 Å². The Morgan fingerprint density at radius 1 is 1.64 bits per heavy atom. The third-order valence-corrected chi connectivity index (χ3v) is 1.70. The second-order valence-electron chi connectivity index (χ2n) is 2.87. The molecular formula is C8H12N2O. The van der Waals surface area contributed by atoms with Crippen molar-refractivity contribution in [1.29, 1.82) is 0 Å². The number of hydrogen-bond acceptors (Lipinski definition) is 2. The number of imidazole rings is 1. The summed E-state index contributed by atoms with van der Waals surface area (Å²) in [5, 5.41) is 0. The summed E-state index contributed by atoms with van der Waals surface area (Å²) in [4.78, 5) is 14.5. The summed E-state index contributed by atoms with van der Waals surface area (Å²) in [6, 6.07) is 0. The van der Waals surface area contributed by atoms with Gasteiger partial charge in [0.05, 0.1) is 6.20 Å². The van der Waals surface area contributed by atoms with Gasteiger partial charge in [-0.1, -0.05) is 13.8 Å². The minimum absolute atomic E-state index is 0.369. The number of aromatic nitrogens is 2. The number of aldehydes is 1. The summed E-state index contributed by atoms with van der Waals surface area (Å²) in [5.74, 6) is 1.32. The van der Waals surface area contributed by atoms with E-state index in [1.165, 1.54) is 0 Å². The molecule has 1 aromatic rings. The van der Waals surface area contributed by atoms with Crippen molar-refractivity contribution in [3.8, 4) is 0 Å². The van der Waals surface area contributed by atoms with Crippen molar-refractivity contribution < 1.29 is 4.79 Å². The molecule has 0 spiro atoms. The van der Waals surface area contributed by atoms with Gasteiger partial charge in [0, 0.05) is 13.0 Å². The Balaban J connectivity index is 3.10. The van der Waals surface area contributed by atoms with Crippen molar-refractivity contribution >= 4 is 6.29 Å². The molecule has 0 saturated carbocycles. The van der Waals surface area contributed by atoms with E-state index < -0.39 is 0 Å². The standard InChI is InChI=1S/C8H12N2O/c1-6(2)8-9-4-7(5-11)10(8)3/h4-6H,1-3H3. The van der Waals surface area contributed by atoms with Crippen LogP contribution in [0.3, 0.4) is 0 Å². The Bertz CT molecular complexity index is 263. The highest BCUT2D eigenvalue weighted by Crippen LogP contribution is 2.11. The Kier molecular flexibility index (Phi) is 2.08. The van der Waals surface area contributed by atoms with Crippen molar-refractivity contribution in [3.63, 3.8) is 0 Å². The molecule has 1 rings (SSSR count). The lowest BCUT2D eigenvalue weighted by Gasteiger charge is -2.04. The molecule has 3 heteroatoms. The molecule has 1 heterocycles. The van der Waals surface area contributed by atoms with Crippen LogP contribution >= 0.6 is 0 Å². The minimum Gasteiger partial charge on any atom is -0.329 e. The maximum absolute atomic E-state index is 10.4. The minimum atomic E-state index is 0.369. The SMILES string of the molecule is CC(C)c1ncc(C=O)n1C. The maximum atomic E-state index is 10.4.